The summed E-state index contributed by atoms with van der Waals surface area (Å²) in [5, 5.41) is 0.444. The first-order chi connectivity index (χ1) is 14.0. The van der Waals surface area contributed by atoms with Gasteiger partial charge in [0.2, 0.25) is 0 Å². The molecule has 0 aliphatic heterocycles. The number of benzene rings is 3. The van der Waals surface area contributed by atoms with Gasteiger partial charge in [-0.25, -0.2) is 16.8 Å². The topological polar surface area (TPSA) is 92.3 Å². The lowest BCUT2D eigenvalue weighted by Gasteiger charge is -2.12. The molecule has 3 rings (SSSR count). The van der Waals surface area contributed by atoms with Crippen molar-refractivity contribution in [3.8, 4) is 0 Å². The number of hydrogen-bond donors (Lipinski definition) is 2. The molecule has 0 amide bonds. The van der Waals surface area contributed by atoms with Crippen molar-refractivity contribution in [2.24, 2.45) is 0 Å². The van der Waals surface area contributed by atoms with Gasteiger partial charge >= 0.3 is 0 Å². The summed E-state index contributed by atoms with van der Waals surface area (Å²) in [7, 11) is -7.73. The lowest BCUT2D eigenvalue weighted by Crippen LogP contribution is -2.15. The zero-order chi connectivity index (χ0) is 22.1. The average Bonchev–Trinajstić information content (AvgIpc) is 2.65. The van der Waals surface area contributed by atoms with Gasteiger partial charge in [0.25, 0.3) is 20.0 Å². The SMILES string of the molecule is Cc1c(Cl)cccc1NS(=O)(=O)c1ccc(NS(=O)(=O)c2cc(Br)cc(Br)c2)cc1. The fraction of sp³-hybridized carbons (Fsp3) is 0.0526. The monoisotopic (exact) mass is 592 g/mol. The Bertz CT molecular complexity index is 1290. The van der Waals surface area contributed by atoms with Gasteiger partial charge in [0.05, 0.1) is 15.5 Å². The van der Waals surface area contributed by atoms with E-state index in [2.05, 4.69) is 41.3 Å². The zero-order valence-corrected chi connectivity index (χ0v) is 20.9. The predicted molar refractivity (Wildman–Crippen MR) is 126 cm³/mol. The minimum Gasteiger partial charge on any atom is -0.280 e. The minimum absolute atomic E-state index is 0.0185. The second kappa shape index (κ2) is 8.88. The summed E-state index contributed by atoms with van der Waals surface area (Å²) >= 11 is 12.5. The van der Waals surface area contributed by atoms with Crippen molar-refractivity contribution in [3.63, 3.8) is 0 Å². The molecule has 0 saturated heterocycles. The van der Waals surface area contributed by atoms with E-state index in [1.807, 2.05) is 0 Å². The second-order valence-electron chi connectivity index (χ2n) is 6.25. The summed E-state index contributed by atoms with van der Waals surface area (Å²) in [6.07, 6.45) is 0. The Morgan fingerprint density at radius 2 is 1.33 bits per heavy atom. The van der Waals surface area contributed by atoms with Crippen molar-refractivity contribution in [2.45, 2.75) is 16.7 Å². The summed E-state index contributed by atoms with van der Waals surface area (Å²) in [5.74, 6) is 0. The van der Waals surface area contributed by atoms with E-state index in [4.69, 9.17) is 11.6 Å². The molecule has 3 aromatic carbocycles. The van der Waals surface area contributed by atoms with Crippen LogP contribution in [-0.4, -0.2) is 16.8 Å². The molecule has 0 bridgehead atoms. The molecule has 0 radical (unpaired) electrons. The first kappa shape index (κ1) is 23.1. The molecule has 0 aliphatic rings. The van der Waals surface area contributed by atoms with Gasteiger partial charge in [-0.05, 0) is 67.1 Å². The molecule has 0 atom stereocenters. The molecule has 0 aliphatic carbocycles. The Hall–Kier alpha value is -1.59. The number of nitrogens with one attached hydrogen (secondary N) is 2. The van der Waals surface area contributed by atoms with Crippen LogP contribution in [0.4, 0.5) is 11.4 Å². The number of halogens is 3. The molecule has 6 nitrogen and oxygen atoms in total. The molecule has 11 heteroatoms. The molecule has 0 unspecified atom stereocenters. The maximum atomic E-state index is 12.7. The van der Waals surface area contributed by atoms with Crippen molar-refractivity contribution in [3.05, 3.63) is 80.2 Å². The quantitative estimate of drug-likeness (QED) is 0.379. The first-order valence-corrected chi connectivity index (χ1v) is 13.3. The summed E-state index contributed by atoms with van der Waals surface area (Å²) in [6.45, 7) is 1.71. The van der Waals surface area contributed by atoms with E-state index in [0.717, 1.165) is 0 Å². The highest BCUT2D eigenvalue weighted by Crippen LogP contribution is 2.27. The van der Waals surface area contributed by atoms with Gasteiger partial charge in [-0.1, -0.05) is 49.5 Å². The molecular weight excluding hydrogens is 580 g/mol. The standard InChI is InChI=1S/C19H15Br2ClN2O4S2/c1-12-18(22)3-2-4-19(12)24-29(25,26)16-7-5-15(6-8-16)23-30(27,28)17-10-13(20)9-14(21)11-17/h2-11,23-24H,1H3. The Morgan fingerprint density at radius 1 is 0.767 bits per heavy atom. The van der Waals surface area contributed by atoms with Crippen molar-refractivity contribution >= 4 is 74.9 Å². The zero-order valence-electron chi connectivity index (χ0n) is 15.4. The number of sulfonamides is 2. The molecule has 3 aromatic rings. The highest BCUT2D eigenvalue weighted by Gasteiger charge is 2.18. The van der Waals surface area contributed by atoms with Gasteiger partial charge < -0.3 is 0 Å². The van der Waals surface area contributed by atoms with Crippen LogP contribution in [0.1, 0.15) is 5.56 Å². The third kappa shape index (κ3) is 5.36. The van der Waals surface area contributed by atoms with Crippen LogP contribution in [0.15, 0.2) is 79.4 Å². The summed E-state index contributed by atoms with van der Waals surface area (Å²) in [5.41, 5.74) is 1.20. The van der Waals surface area contributed by atoms with Crippen LogP contribution in [0, 0.1) is 6.92 Å². The molecule has 0 aromatic heterocycles. The van der Waals surface area contributed by atoms with Crippen LogP contribution < -0.4 is 9.44 Å². The number of hydrogen-bond acceptors (Lipinski definition) is 4. The number of anilines is 2. The maximum absolute atomic E-state index is 12.7. The van der Waals surface area contributed by atoms with E-state index in [-0.39, 0.29) is 15.5 Å². The van der Waals surface area contributed by atoms with Gasteiger partial charge in [0.1, 0.15) is 0 Å². The van der Waals surface area contributed by atoms with Gasteiger partial charge in [0.15, 0.2) is 0 Å². The molecule has 158 valence electrons. The van der Waals surface area contributed by atoms with Crippen molar-refractivity contribution in [1.29, 1.82) is 0 Å². The summed E-state index contributed by atoms with van der Waals surface area (Å²) in [6, 6.07) is 14.9. The fourth-order valence-corrected chi connectivity index (χ4v) is 6.54. The lowest BCUT2D eigenvalue weighted by atomic mass is 10.2. The normalized spacial score (nSPS) is 11.9. The molecular formula is C19H15Br2ClN2O4S2. The molecule has 2 N–H and O–H groups in total. The van der Waals surface area contributed by atoms with Crippen molar-refractivity contribution < 1.29 is 16.8 Å². The van der Waals surface area contributed by atoms with Gasteiger partial charge in [-0.3, -0.25) is 9.44 Å². The van der Waals surface area contributed by atoms with E-state index >= 15 is 0 Å². The molecule has 0 heterocycles. The average molecular weight is 595 g/mol. The van der Waals surface area contributed by atoms with Crippen LogP contribution in [0.3, 0.4) is 0 Å². The van der Waals surface area contributed by atoms with Crippen LogP contribution in [-0.2, 0) is 20.0 Å². The predicted octanol–water partition coefficient (Wildman–Crippen LogP) is 5.78. The Labute approximate surface area is 197 Å². The molecule has 0 spiro atoms. The van der Waals surface area contributed by atoms with E-state index < -0.39 is 20.0 Å². The summed E-state index contributed by atoms with van der Waals surface area (Å²) in [4.78, 5) is 0.0357. The highest BCUT2D eigenvalue weighted by atomic mass is 79.9. The fourth-order valence-electron chi connectivity index (χ4n) is 2.52. The Morgan fingerprint density at radius 3 is 1.93 bits per heavy atom. The Balaban J connectivity index is 1.82. The van der Waals surface area contributed by atoms with Gasteiger partial charge in [0, 0.05) is 19.7 Å². The molecule has 30 heavy (non-hydrogen) atoms. The van der Waals surface area contributed by atoms with E-state index in [1.54, 1.807) is 31.2 Å². The van der Waals surface area contributed by atoms with Gasteiger partial charge in [-0.15, -0.1) is 0 Å². The Kier molecular flexibility index (Phi) is 6.83. The summed E-state index contributed by atoms with van der Waals surface area (Å²) < 4.78 is 56.6. The van der Waals surface area contributed by atoms with E-state index in [1.165, 1.54) is 36.4 Å². The van der Waals surface area contributed by atoms with Gasteiger partial charge in [-0.2, -0.15) is 0 Å². The van der Waals surface area contributed by atoms with E-state index in [0.29, 0.717) is 25.2 Å². The van der Waals surface area contributed by atoms with Crippen LogP contribution >= 0.6 is 43.5 Å². The molecule has 0 fully saturated rings. The van der Waals surface area contributed by atoms with Crippen LogP contribution in [0.25, 0.3) is 0 Å². The third-order valence-corrected chi connectivity index (χ3v) is 8.14. The number of rotatable bonds is 6. The lowest BCUT2D eigenvalue weighted by molar-refractivity contribution is 0.600. The maximum Gasteiger partial charge on any atom is 0.261 e. The smallest absolute Gasteiger partial charge is 0.261 e. The largest absolute Gasteiger partial charge is 0.280 e. The van der Waals surface area contributed by atoms with Crippen LogP contribution in [0.5, 0.6) is 0 Å². The third-order valence-electron chi connectivity index (χ3n) is 4.08. The van der Waals surface area contributed by atoms with Crippen molar-refractivity contribution in [1.82, 2.24) is 0 Å². The highest BCUT2D eigenvalue weighted by molar-refractivity contribution is 9.11. The minimum atomic E-state index is -3.87. The molecule has 0 saturated carbocycles. The van der Waals surface area contributed by atoms with Crippen LogP contribution in [0.2, 0.25) is 5.02 Å². The second-order valence-corrected chi connectivity index (χ2v) is 11.9. The van der Waals surface area contributed by atoms with Crippen molar-refractivity contribution in [2.75, 3.05) is 9.44 Å². The van der Waals surface area contributed by atoms with E-state index in [9.17, 15) is 16.8 Å². The first-order valence-electron chi connectivity index (χ1n) is 8.35.